The molecule has 19 heavy (non-hydrogen) atoms. The van der Waals surface area contributed by atoms with E-state index in [0.29, 0.717) is 22.5 Å². The van der Waals surface area contributed by atoms with Crippen LogP contribution in [-0.4, -0.2) is 15.7 Å². The third-order valence-electron chi connectivity index (χ3n) is 2.41. The molecule has 0 saturated heterocycles. The van der Waals surface area contributed by atoms with Crippen LogP contribution in [0.1, 0.15) is 18.3 Å². The molecule has 1 aromatic heterocycles. The first-order chi connectivity index (χ1) is 9.04. The van der Waals surface area contributed by atoms with Gasteiger partial charge in [-0.1, -0.05) is 23.7 Å². The van der Waals surface area contributed by atoms with Crippen molar-refractivity contribution < 1.29 is 4.39 Å². The average molecular weight is 279 g/mol. The van der Waals surface area contributed by atoms with E-state index >= 15 is 0 Å². The lowest BCUT2D eigenvalue weighted by Gasteiger charge is -2.04. The van der Waals surface area contributed by atoms with Crippen molar-refractivity contribution in [3.8, 4) is 0 Å². The van der Waals surface area contributed by atoms with Gasteiger partial charge < -0.3 is 0 Å². The number of benzene rings is 1. The average Bonchev–Trinajstić information content (AvgIpc) is 2.36. The number of aromatic nitrogens is 2. The van der Waals surface area contributed by atoms with Crippen LogP contribution in [-0.2, 0) is 0 Å². The highest BCUT2D eigenvalue weighted by Crippen LogP contribution is 2.11. The molecule has 2 rings (SSSR count). The Morgan fingerprint density at radius 2 is 1.95 bits per heavy atom. The first-order valence-electron chi connectivity index (χ1n) is 5.62. The van der Waals surface area contributed by atoms with E-state index in [1.165, 1.54) is 12.1 Å². The molecule has 4 nitrogen and oxygen atoms in total. The van der Waals surface area contributed by atoms with E-state index in [2.05, 4.69) is 20.5 Å². The van der Waals surface area contributed by atoms with Crippen LogP contribution in [0, 0.1) is 12.7 Å². The summed E-state index contributed by atoms with van der Waals surface area (Å²) in [5.74, 6) is 0.798. The predicted octanol–water partition coefficient (Wildman–Crippen LogP) is 3.41. The Labute approximate surface area is 115 Å². The van der Waals surface area contributed by atoms with Crippen molar-refractivity contribution in [2.24, 2.45) is 5.10 Å². The Balaban J connectivity index is 2.15. The number of halogens is 2. The maximum Gasteiger partial charge on any atom is 0.151 e. The summed E-state index contributed by atoms with van der Waals surface area (Å²) in [4.78, 5) is 8.09. The lowest BCUT2D eigenvalue weighted by atomic mass is 10.1. The van der Waals surface area contributed by atoms with Gasteiger partial charge in [-0.2, -0.15) is 5.10 Å². The number of nitrogens with one attached hydrogen (secondary N) is 1. The smallest absolute Gasteiger partial charge is 0.151 e. The van der Waals surface area contributed by atoms with Crippen molar-refractivity contribution in [1.82, 2.24) is 9.97 Å². The Bertz CT molecular complexity index is 590. The van der Waals surface area contributed by atoms with Crippen LogP contribution >= 0.6 is 11.6 Å². The van der Waals surface area contributed by atoms with Gasteiger partial charge in [0.25, 0.3) is 0 Å². The monoisotopic (exact) mass is 278 g/mol. The molecule has 0 radical (unpaired) electrons. The number of hydrogen-bond acceptors (Lipinski definition) is 4. The van der Waals surface area contributed by atoms with Gasteiger partial charge in [-0.25, -0.2) is 14.4 Å². The Morgan fingerprint density at radius 3 is 2.58 bits per heavy atom. The fourth-order valence-corrected chi connectivity index (χ4v) is 1.71. The molecule has 0 aliphatic rings. The molecule has 6 heteroatoms. The maximum absolute atomic E-state index is 12.8. The summed E-state index contributed by atoms with van der Waals surface area (Å²) in [6.45, 7) is 3.56. The minimum absolute atomic E-state index is 0.275. The molecular weight excluding hydrogens is 267 g/mol. The molecule has 0 aliphatic heterocycles. The zero-order valence-electron chi connectivity index (χ0n) is 10.5. The number of hydrazone groups is 1. The van der Waals surface area contributed by atoms with E-state index in [4.69, 9.17) is 11.6 Å². The molecule has 0 aliphatic carbocycles. The summed E-state index contributed by atoms with van der Waals surface area (Å²) in [5, 5.41) is 4.52. The summed E-state index contributed by atoms with van der Waals surface area (Å²) in [7, 11) is 0. The van der Waals surface area contributed by atoms with Crippen molar-refractivity contribution in [3.05, 3.63) is 52.7 Å². The van der Waals surface area contributed by atoms with Crippen molar-refractivity contribution in [1.29, 1.82) is 0 Å². The van der Waals surface area contributed by atoms with Gasteiger partial charge in [-0.15, -0.1) is 0 Å². The number of anilines is 1. The van der Waals surface area contributed by atoms with Gasteiger partial charge in [-0.05, 0) is 31.5 Å². The SMILES string of the molecule is CC(=NNc1cc(Cl)nc(C)n1)c1ccc(F)cc1. The van der Waals surface area contributed by atoms with Crippen LogP contribution < -0.4 is 5.43 Å². The topological polar surface area (TPSA) is 50.2 Å². The molecule has 0 bridgehead atoms. The first-order valence-corrected chi connectivity index (χ1v) is 6.00. The van der Waals surface area contributed by atoms with Crippen LogP contribution in [0.4, 0.5) is 10.2 Å². The van der Waals surface area contributed by atoms with Gasteiger partial charge in [0.05, 0.1) is 5.71 Å². The minimum Gasteiger partial charge on any atom is -0.261 e. The van der Waals surface area contributed by atoms with Gasteiger partial charge in [0.2, 0.25) is 0 Å². The molecule has 0 unspecified atom stereocenters. The molecule has 2 aromatic rings. The third kappa shape index (κ3) is 3.72. The molecule has 0 saturated carbocycles. The van der Waals surface area contributed by atoms with Gasteiger partial charge >= 0.3 is 0 Å². The summed E-state index contributed by atoms with van der Waals surface area (Å²) < 4.78 is 12.8. The van der Waals surface area contributed by atoms with Crippen LogP contribution in [0.3, 0.4) is 0 Å². The zero-order valence-corrected chi connectivity index (χ0v) is 11.2. The highest BCUT2D eigenvalue weighted by Gasteiger charge is 2.00. The van der Waals surface area contributed by atoms with Crippen molar-refractivity contribution in [3.63, 3.8) is 0 Å². The molecule has 0 atom stereocenters. The van der Waals surface area contributed by atoms with E-state index in [9.17, 15) is 4.39 Å². The minimum atomic E-state index is -0.275. The quantitative estimate of drug-likeness (QED) is 0.532. The predicted molar refractivity (Wildman–Crippen MR) is 74.0 cm³/mol. The Hall–Kier alpha value is -2.01. The van der Waals surface area contributed by atoms with Crippen LogP contribution in [0.15, 0.2) is 35.4 Å². The molecule has 0 amide bonds. The van der Waals surface area contributed by atoms with Crippen molar-refractivity contribution >= 4 is 23.1 Å². The van der Waals surface area contributed by atoms with E-state index in [0.717, 1.165) is 5.56 Å². The fourth-order valence-electron chi connectivity index (χ4n) is 1.49. The third-order valence-corrected chi connectivity index (χ3v) is 2.60. The van der Waals surface area contributed by atoms with Crippen LogP contribution in [0.5, 0.6) is 0 Å². The van der Waals surface area contributed by atoms with E-state index < -0.39 is 0 Å². The fraction of sp³-hybridized carbons (Fsp3) is 0.154. The van der Waals surface area contributed by atoms with Crippen LogP contribution in [0.25, 0.3) is 0 Å². The molecule has 98 valence electrons. The van der Waals surface area contributed by atoms with Gasteiger partial charge in [0, 0.05) is 6.07 Å². The summed E-state index contributed by atoms with van der Waals surface area (Å²) in [6, 6.07) is 7.68. The first kappa shape index (κ1) is 13.4. The Kier molecular flexibility index (Phi) is 4.06. The zero-order chi connectivity index (χ0) is 13.8. The van der Waals surface area contributed by atoms with E-state index in [-0.39, 0.29) is 5.82 Å². The number of hydrogen-bond donors (Lipinski definition) is 1. The lowest BCUT2D eigenvalue weighted by molar-refractivity contribution is 0.628. The van der Waals surface area contributed by atoms with E-state index in [1.54, 1.807) is 25.1 Å². The number of aryl methyl sites for hydroxylation is 1. The largest absolute Gasteiger partial charge is 0.261 e. The maximum atomic E-state index is 12.8. The molecular formula is C13H12ClFN4. The van der Waals surface area contributed by atoms with Gasteiger partial charge in [0.15, 0.2) is 5.82 Å². The van der Waals surface area contributed by atoms with E-state index in [1.807, 2.05) is 6.92 Å². The number of nitrogens with zero attached hydrogens (tertiary/aromatic N) is 3. The Morgan fingerprint density at radius 1 is 1.26 bits per heavy atom. The summed E-state index contributed by atoms with van der Waals surface area (Å²) in [5.41, 5.74) is 4.34. The molecule has 0 fully saturated rings. The molecule has 1 aromatic carbocycles. The molecule has 1 N–H and O–H groups in total. The van der Waals surface area contributed by atoms with Crippen LogP contribution in [0.2, 0.25) is 5.15 Å². The standard InChI is InChI=1S/C13H12ClFN4/c1-8(10-3-5-11(15)6-4-10)18-19-13-7-12(14)16-9(2)17-13/h3-7H,1-2H3,(H,16,17,19). The van der Waals surface area contributed by atoms with Gasteiger partial charge in [-0.3, -0.25) is 5.43 Å². The summed E-state index contributed by atoms with van der Waals surface area (Å²) >= 11 is 5.82. The molecule has 0 spiro atoms. The molecule has 1 heterocycles. The second-order valence-electron chi connectivity index (χ2n) is 3.94. The van der Waals surface area contributed by atoms with Crippen molar-refractivity contribution in [2.75, 3.05) is 5.43 Å². The lowest BCUT2D eigenvalue weighted by Crippen LogP contribution is -2.02. The second kappa shape index (κ2) is 5.75. The van der Waals surface area contributed by atoms with Crippen molar-refractivity contribution in [2.45, 2.75) is 13.8 Å². The normalized spacial score (nSPS) is 11.5. The summed E-state index contributed by atoms with van der Waals surface area (Å²) in [6.07, 6.45) is 0. The number of rotatable bonds is 3. The highest BCUT2D eigenvalue weighted by molar-refractivity contribution is 6.29. The van der Waals surface area contributed by atoms with Gasteiger partial charge in [0.1, 0.15) is 16.8 Å². The highest BCUT2D eigenvalue weighted by atomic mass is 35.5. The second-order valence-corrected chi connectivity index (χ2v) is 4.33.